The first-order valence-electron chi connectivity index (χ1n) is 3.17. The number of carboxylic acids is 1. The molecule has 0 radical (unpaired) electrons. The van der Waals surface area contributed by atoms with Crippen LogP contribution in [0.5, 0.6) is 0 Å². The first-order valence-corrected chi connectivity index (χ1v) is 4.12. The van der Waals surface area contributed by atoms with E-state index in [2.05, 4.69) is 0 Å². The topological polar surface area (TPSA) is 52.7 Å². The summed E-state index contributed by atoms with van der Waals surface area (Å²) in [6.07, 6.45) is -0.976. The minimum atomic E-state index is -1.12. The quantitative estimate of drug-likeness (QED) is 0.369. The molecule has 1 aliphatic heterocycles. The number of thiophene rings is 1. The molecule has 0 saturated carbocycles. The van der Waals surface area contributed by atoms with Gasteiger partial charge in [0.05, 0.1) is 5.97 Å². The zero-order chi connectivity index (χ0) is 7.84. The molecule has 0 unspecified atom stereocenters. The van der Waals surface area contributed by atoms with E-state index in [1.54, 1.807) is 0 Å². The van der Waals surface area contributed by atoms with Crippen molar-refractivity contribution in [3.8, 4) is 0 Å². The average molecular weight is 192 g/mol. The van der Waals surface area contributed by atoms with Crippen LogP contribution in [0.2, 0.25) is 0 Å². The van der Waals surface area contributed by atoms with Crippen LogP contribution in [0, 0.1) is 0 Å². The molecule has 2 atom stereocenters. The molecule has 58 valence electrons. The second-order valence-corrected chi connectivity index (χ2v) is 3.13. The zero-order valence-corrected chi connectivity index (χ0v) is 9.34. The SMILES string of the molecule is O=C([O-])[C@@H]1O[C@H]1c1ccsc1.[Na+]. The second kappa shape index (κ2) is 3.89. The molecule has 0 bridgehead atoms. The number of aliphatic carboxylic acids is 1. The van der Waals surface area contributed by atoms with E-state index in [-0.39, 0.29) is 35.7 Å². The maximum Gasteiger partial charge on any atom is 1.00 e. The van der Waals surface area contributed by atoms with E-state index < -0.39 is 12.1 Å². The summed E-state index contributed by atoms with van der Waals surface area (Å²) in [7, 11) is 0. The fourth-order valence-corrected chi connectivity index (χ4v) is 1.67. The van der Waals surface area contributed by atoms with Gasteiger partial charge in [0, 0.05) is 0 Å². The normalized spacial score (nSPS) is 26.0. The molecule has 1 fully saturated rings. The number of rotatable bonds is 2. The molecule has 1 saturated heterocycles. The summed E-state index contributed by atoms with van der Waals surface area (Å²) in [6.45, 7) is 0. The molecule has 0 aliphatic carbocycles. The Morgan fingerprint density at radius 1 is 1.67 bits per heavy atom. The second-order valence-electron chi connectivity index (χ2n) is 2.35. The van der Waals surface area contributed by atoms with E-state index >= 15 is 0 Å². The van der Waals surface area contributed by atoms with Crippen LogP contribution in [0.25, 0.3) is 0 Å². The van der Waals surface area contributed by atoms with Crippen molar-refractivity contribution >= 4 is 17.3 Å². The average Bonchev–Trinajstić information content (AvgIpc) is 2.60. The monoisotopic (exact) mass is 192 g/mol. The number of ether oxygens (including phenoxy) is 1. The fourth-order valence-electron chi connectivity index (χ4n) is 0.982. The van der Waals surface area contributed by atoms with E-state index in [0.29, 0.717) is 0 Å². The molecule has 1 aliphatic rings. The van der Waals surface area contributed by atoms with Crippen molar-refractivity contribution in [1.29, 1.82) is 0 Å². The summed E-state index contributed by atoms with van der Waals surface area (Å²) >= 11 is 1.53. The summed E-state index contributed by atoms with van der Waals surface area (Å²) in [4.78, 5) is 10.2. The Labute approximate surface area is 95.6 Å². The van der Waals surface area contributed by atoms with Crippen molar-refractivity contribution in [2.24, 2.45) is 0 Å². The molecule has 5 heteroatoms. The Hall–Kier alpha value is 0.130. The van der Waals surface area contributed by atoms with Crippen molar-refractivity contribution in [3.05, 3.63) is 22.4 Å². The van der Waals surface area contributed by atoms with Crippen LogP contribution in [0.3, 0.4) is 0 Å². The maximum absolute atomic E-state index is 10.2. The van der Waals surface area contributed by atoms with Gasteiger partial charge in [-0.05, 0) is 22.4 Å². The van der Waals surface area contributed by atoms with Gasteiger partial charge in [0.15, 0.2) is 0 Å². The van der Waals surface area contributed by atoms with Crippen molar-refractivity contribution in [2.75, 3.05) is 0 Å². The Bertz CT molecular complexity index is 272. The number of carbonyl (C=O) groups excluding carboxylic acids is 1. The summed E-state index contributed by atoms with van der Waals surface area (Å²) in [5.74, 6) is -1.12. The third-order valence-electron chi connectivity index (χ3n) is 1.60. The van der Waals surface area contributed by atoms with Gasteiger partial charge in [-0.2, -0.15) is 11.3 Å². The zero-order valence-electron chi connectivity index (χ0n) is 6.52. The number of hydrogen-bond donors (Lipinski definition) is 0. The third kappa shape index (κ3) is 1.89. The van der Waals surface area contributed by atoms with Gasteiger partial charge in [-0.25, -0.2) is 0 Å². The standard InChI is InChI=1S/C7H6O3S.Na/c8-7(9)6-5(10-6)4-1-2-11-3-4;/h1-3,5-6H,(H,8,9);/q;+1/p-1/t5-,6+;/m0./s1. The number of epoxide rings is 1. The molecule has 0 N–H and O–H groups in total. The molecule has 0 amide bonds. The third-order valence-corrected chi connectivity index (χ3v) is 2.30. The number of carbonyl (C=O) groups is 1. The molecule has 2 heterocycles. The van der Waals surface area contributed by atoms with Crippen molar-refractivity contribution in [1.82, 2.24) is 0 Å². The number of hydrogen-bond acceptors (Lipinski definition) is 4. The Kier molecular flexibility index (Phi) is 3.31. The molecular weight excluding hydrogens is 187 g/mol. The van der Waals surface area contributed by atoms with E-state index in [9.17, 15) is 9.90 Å². The first kappa shape index (κ1) is 10.2. The molecule has 12 heavy (non-hydrogen) atoms. The molecular formula is C7H5NaO3S. The van der Waals surface area contributed by atoms with E-state index in [1.807, 2.05) is 16.8 Å². The molecule has 0 spiro atoms. The van der Waals surface area contributed by atoms with Gasteiger partial charge in [-0.15, -0.1) is 0 Å². The number of carboxylic acid groups (broad SMARTS) is 1. The predicted octanol–water partition coefficient (Wildman–Crippen LogP) is -3.06. The van der Waals surface area contributed by atoms with Gasteiger partial charge in [-0.3, -0.25) is 0 Å². The van der Waals surface area contributed by atoms with Gasteiger partial charge >= 0.3 is 29.6 Å². The fraction of sp³-hybridized carbons (Fsp3) is 0.286. The largest absolute Gasteiger partial charge is 1.00 e. The Morgan fingerprint density at radius 3 is 2.83 bits per heavy atom. The van der Waals surface area contributed by atoms with Crippen LogP contribution in [0.4, 0.5) is 0 Å². The first-order chi connectivity index (χ1) is 5.29. The molecule has 3 nitrogen and oxygen atoms in total. The van der Waals surface area contributed by atoms with Crippen LogP contribution < -0.4 is 34.7 Å². The molecule has 1 aromatic rings. The van der Waals surface area contributed by atoms with Crippen molar-refractivity contribution in [3.63, 3.8) is 0 Å². The summed E-state index contributed by atoms with van der Waals surface area (Å²) in [6, 6.07) is 1.86. The van der Waals surface area contributed by atoms with E-state index in [0.717, 1.165) is 5.56 Å². The minimum absolute atomic E-state index is 0. The smallest absolute Gasteiger partial charge is 0.547 e. The Balaban J connectivity index is 0.000000720. The molecule has 2 rings (SSSR count). The summed E-state index contributed by atoms with van der Waals surface area (Å²) in [5, 5.41) is 14.0. The maximum atomic E-state index is 10.2. The van der Waals surface area contributed by atoms with Crippen LogP contribution in [-0.2, 0) is 9.53 Å². The summed E-state index contributed by atoms with van der Waals surface area (Å²) in [5.41, 5.74) is 0.934. The predicted molar refractivity (Wildman–Crippen MR) is 36.9 cm³/mol. The van der Waals surface area contributed by atoms with Crippen LogP contribution >= 0.6 is 11.3 Å². The van der Waals surface area contributed by atoms with Gasteiger partial charge < -0.3 is 14.6 Å². The van der Waals surface area contributed by atoms with Crippen LogP contribution in [0.15, 0.2) is 16.8 Å². The molecule has 1 aromatic heterocycles. The van der Waals surface area contributed by atoms with Gasteiger partial charge in [-0.1, -0.05) is 0 Å². The van der Waals surface area contributed by atoms with Crippen molar-refractivity contribution < 1.29 is 44.2 Å². The van der Waals surface area contributed by atoms with Gasteiger partial charge in [0.2, 0.25) is 0 Å². The van der Waals surface area contributed by atoms with Crippen molar-refractivity contribution in [2.45, 2.75) is 12.2 Å². The van der Waals surface area contributed by atoms with Gasteiger partial charge in [0.1, 0.15) is 12.2 Å². The Morgan fingerprint density at radius 2 is 2.42 bits per heavy atom. The molecule has 0 aromatic carbocycles. The van der Waals surface area contributed by atoms with Crippen LogP contribution in [0.1, 0.15) is 11.7 Å². The summed E-state index contributed by atoms with van der Waals surface area (Å²) < 4.78 is 4.87. The van der Waals surface area contributed by atoms with Gasteiger partial charge in [0.25, 0.3) is 0 Å². The van der Waals surface area contributed by atoms with Crippen LogP contribution in [-0.4, -0.2) is 12.1 Å². The van der Waals surface area contributed by atoms with E-state index in [1.165, 1.54) is 11.3 Å². The van der Waals surface area contributed by atoms with E-state index in [4.69, 9.17) is 4.74 Å². The minimum Gasteiger partial charge on any atom is -0.547 e.